The van der Waals surface area contributed by atoms with Crippen LogP contribution >= 0.6 is 0 Å². The van der Waals surface area contributed by atoms with Crippen LogP contribution in [0.4, 0.5) is 5.82 Å². The van der Waals surface area contributed by atoms with Gasteiger partial charge in [-0.2, -0.15) is 0 Å². The number of para-hydroxylation sites is 1. The number of aromatic nitrogens is 3. The molecule has 2 fully saturated rings. The summed E-state index contributed by atoms with van der Waals surface area (Å²) in [6.45, 7) is 2.45. The zero-order chi connectivity index (χ0) is 25.7. The first kappa shape index (κ1) is 23.5. The summed E-state index contributed by atoms with van der Waals surface area (Å²) in [4.78, 5) is 23.9. The minimum atomic E-state index is -1.24. The maximum atomic E-state index is 12.4. The number of nitrogens with two attached hydrogens (primary N) is 1. The minimum Gasteiger partial charge on any atom is -0.496 e. The van der Waals surface area contributed by atoms with Crippen LogP contribution in [0.15, 0.2) is 60.9 Å². The largest absolute Gasteiger partial charge is 0.496 e. The molecule has 6 rings (SSSR count). The predicted octanol–water partition coefficient (Wildman–Crippen LogP) is 4.11. The molecule has 2 aromatic heterocycles. The highest BCUT2D eigenvalue weighted by Crippen LogP contribution is 2.39. The molecule has 1 unspecified atom stereocenters. The fourth-order valence-electron chi connectivity index (χ4n) is 6.01. The highest BCUT2D eigenvalue weighted by atomic mass is 16.5. The van der Waals surface area contributed by atoms with Crippen LogP contribution in [0, 0.1) is 0 Å². The van der Waals surface area contributed by atoms with Gasteiger partial charge in [-0.1, -0.05) is 42.5 Å². The average molecular weight is 498 g/mol. The molecule has 0 aliphatic carbocycles. The van der Waals surface area contributed by atoms with Gasteiger partial charge in [-0.3, -0.25) is 9.20 Å². The quantitative estimate of drug-likeness (QED) is 0.430. The second-order valence-electron chi connectivity index (χ2n) is 10.2. The van der Waals surface area contributed by atoms with Crippen LogP contribution in [-0.2, 0) is 10.4 Å². The monoisotopic (exact) mass is 497 g/mol. The maximum absolute atomic E-state index is 12.4. The lowest BCUT2D eigenvalue weighted by Gasteiger charge is -2.34. The summed E-state index contributed by atoms with van der Waals surface area (Å²) in [6, 6.07) is 15.6. The molecule has 2 saturated heterocycles. The Bertz CT molecular complexity index is 1480. The summed E-state index contributed by atoms with van der Waals surface area (Å²) in [5.41, 5.74) is 8.94. The predicted molar refractivity (Wildman–Crippen MR) is 141 cm³/mol. The van der Waals surface area contributed by atoms with E-state index in [1.165, 1.54) is 0 Å². The summed E-state index contributed by atoms with van der Waals surface area (Å²) in [7, 11) is 1.60. The van der Waals surface area contributed by atoms with E-state index >= 15 is 0 Å². The van der Waals surface area contributed by atoms with Gasteiger partial charge in [0, 0.05) is 48.4 Å². The third-order valence-corrected chi connectivity index (χ3v) is 8.05. The van der Waals surface area contributed by atoms with Crippen molar-refractivity contribution in [3.8, 4) is 17.0 Å². The molecule has 4 aromatic rings. The summed E-state index contributed by atoms with van der Waals surface area (Å²) in [6.07, 6.45) is 7.17. The van der Waals surface area contributed by atoms with Crippen LogP contribution in [0.3, 0.4) is 0 Å². The molecular formula is C29H31N5O3. The van der Waals surface area contributed by atoms with Gasteiger partial charge in [0.25, 0.3) is 0 Å². The van der Waals surface area contributed by atoms with Gasteiger partial charge < -0.3 is 20.5 Å². The van der Waals surface area contributed by atoms with Crippen LogP contribution < -0.4 is 10.5 Å². The Morgan fingerprint density at radius 3 is 2.68 bits per heavy atom. The van der Waals surface area contributed by atoms with Gasteiger partial charge in [-0.15, -0.1) is 0 Å². The number of piperidine rings is 1. The third-order valence-electron chi connectivity index (χ3n) is 8.05. The highest BCUT2D eigenvalue weighted by Gasteiger charge is 2.38. The molecule has 190 valence electrons. The van der Waals surface area contributed by atoms with E-state index in [1.54, 1.807) is 20.2 Å². The van der Waals surface area contributed by atoms with Crippen molar-refractivity contribution in [3.05, 3.63) is 77.9 Å². The Kier molecular flexibility index (Phi) is 5.64. The van der Waals surface area contributed by atoms with E-state index in [0.29, 0.717) is 36.1 Å². The number of ether oxygens (including phenoxy) is 1. The van der Waals surface area contributed by atoms with Crippen LogP contribution in [0.25, 0.3) is 16.8 Å². The lowest BCUT2D eigenvalue weighted by atomic mass is 9.87. The number of nitrogen functional groups attached to an aromatic ring is 1. The molecule has 8 nitrogen and oxygen atoms in total. The molecule has 3 N–H and O–H groups in total. The standard InChI is InChI=1S/C29H31N5O3/c1-29(36,22-5-3-4-6-23(22)37-2)20-10-7-18(8-11-20)25-26-27(30)31-15-16-33(26)28(32-25)19-9-12-21-13-14-24(35)34(21)17-19/h3-8,10-11,15-16,19,21,36H,9,12-14,17H2,1-2H3,(H2,30,31)/t19-,21+,29?/m1/s1. The first-order valence-corrected chi connectivity index (χ1v) is 12.8. The molecule has 0 radical (unpaired) electrons. The molecule has 3 atom stereocenters. The maximum Gasteiger partial charge on any atom is 0.222 e. The van der Waals surface area contributed by atoms with Gasteiger partial charge in [0.2, 0.25) is 5.91 Å². The number of benzene rings is 2. The van der Waals surface area contributed by atoms with Crippen LogP contribution in [0.2, 0.25) is 0 Å². The number of carbonyl (C=O) groups is 1. The van der Waals surface area contributed by atoms with Crippen molar-refractivity contribution in [2.24, 2.45) is 0 Å². The normalized spacial score (nSPS) is 21.2. The molecule has 1 amide bonds. The number of rotatable bonds is 5. The van der Waals surface area contributed by atoms with E-state index in [9.17, 15) is 9.90 Å². The number of nitrogens with zero attached hydrogens (tertiary/aromatic N) is 4. The molecule has 0 spiro atoms. The van der Waals surface area contributed by atoms with Crippen LogP contribution in [0.1, 0.15) is 55.5 Å². The Balaban J connectivity index is 1.38. The fraction of sp³-hybridized carbons (Fsp3) is 0.345. The zero-order valence-electron chi connectivity index (χ0n) is 21.1. The van der Waals surface area contributed by atoms with Crippen molar-refractivity contribution < 1.29 is 14.6 Å². The number of imidazole rings is 1. The lowest BCUT2D eigenvalue weighted by molar-refractivity contribution is -0.130. The highest BCUT2D eigenvalue weighted by molar-refractivity contribution is 5.85. The van der Waals surface area contributed by atoms with E-state index < -0.39 is 5.60 Å². The van der Waals surface area contributed by atoms with E-state index in [1.807, 2.05) is 64.0 Å². The Morgan fingerprint density at radius 2 is 1.89 bits per heavy atom. The number of fused-ring (bicyclic) bond motifs is 2. The summed E-state index contributed by atoms with van der Waals surface area (Å²) >= 11 is 0. The van der Waals surface area contributed by atoms with E-state index in [0.717, 1.165) is 47.4 Å². The Hall–Kier alpha value is -3.91. The average Bonchev–Trinajstić information content (AvgIpc) is 3.50. The van der Waals surface area contributed by atoms with Gasteiger partial charge in [-0.05, 0) is 37.8 Å². The van der Waals surface area contributed by atoms with E-state index in [4.69, 9.17) is 15.5 Å². The smallest absolute Gasteiger partial charge is 0.222 e. The van der Waals surface area contributed by atoms with Crippen LogP contribution in [-0.4, -0.2) is 50.0 Å². The third kappa shape index (κ3) is 3.83. The van der Waals surface area contributed by atoms with Gasteiger partial charge >= 0.3 is 0 Å². The number of hydrogen-bond acceptors (Lipinski definition) is 6. The van der Waals surface area contributed by atoms with Gasteiger partial charge in [-0.25, -0.2) is 9.97 Å². The first-order chi connectivity index (χ1) is 17.9. The number of carbonyl (C=O) groups excluding carboxylic acids is 1. The number of aliphatic hydroxyl groups is 1. The lowest BCUT2D eigenvalue weighted by Crippen LogP contribution is -2.41. The van der Waals surface area contributed by atoms with Gasteiger partial charge in [0.1, 0.15) is 34.2 Å². The number of amides is 1. The summed E-state index contributed by atoms with van der Waals surface area (Å²) in [5.74, 6) is 2.32. The van der Waals surface area contributed by atoms with Crippen molar-refractivity contribution in [2.75, 3.05) is 19.4 Å². The summed E-state index contributed by atoms with van der Waals surface area (Å²) < 4.78 is 7.51. The van der Waals surface area contributed by atoms with Gasteiger partial charge in [0.15, 0.2) is 0 Å². The Labute approximate surface area is 215 Å². The SMILES string of the molecule is COc1ccccc1C(C)(O)c1ccc(-c2nc([C@@H]3CC[C@H]4CCC(=O)N4C3)n3ccnc(N)c23)cc1. The summed E-state index contributed by atoms with van der Waals surface area (Å²) in [5, 5.41) is 11.5. The zero-order valence-corrected chi connectivity index (χ0v) is 21.1. The van der Waals surface area contributed by atoms with Crippen molar-refractivity contribution >= 4 is 17.2 Å². The van der Waals surface area contributed by atoms with Crippen molar-refractivity contribution in [1.29, 1.82) is 0 Å². The molecule has 4 heterocycles. The van der Waals surface area contributed by atoms with Crippen LogP contribution in [0.5, 0.6) is 5.75 Å². The second kappa shape index (κ2) is 8.88. The number of hydrogen-bond donors (Lipinski definition) is 2. The molecule has 0 saturated carbocycles. The molecule has 2 aliphatic heterocycles. The number of anilines is 1. The van der Waals surface area contributed by atoms with Gasteiger partial charge in [0.05, 0.1) is 7.11 Å². The molecule has 2 aromatic carbocycles. The minimum absolute atomic E-state index is 0.131. The van der Waals surface area contributed by atoms with Crippen molar-refractivity contribution in [2.45, 2.75) is 50.2 Å². The number of methoxy groups -OCH3 is 1. The van der Waals surface area contributed by atoms with E-state index in [2.05, 4.69) is 4.98 Å². The molecule has 8 heteroatoms. The van der Waals surface area contributed by atoms with E-state index in [-0.39, 0.29) is 11.8 Å². The molecular weight excluding hydrogens is 466 g/mol. The molecule has 2 aliphatic rings. The molecule has 37 heavy (non-hydrogen) atoms. The fourth-order valence-corrected chi connectivity index (χ4v) is 6.01. The topological polar surface area (TPSA) is 106 Å². The van der Waals surface area contributed by atoms with Crippen molar-refractivity contribution in [1.82, 2.24) is 19.3 Å². The first-order valence-electron chi connectivity index (χ1n) is 12.8. The Morgan fingerprint density at radius 1 is 1.11 bits per heavy atom. The second-order valence-corrected chi connectivity index (χ2v) is 10.2. The molecule has 0 bridgehead atoms. The van der Waals surface area contributed by atoms with Crippen molar-refractivity contribution in [3.63, 3.8) is 0 Å².